The lowest BCUT2D eigenvalue weighted by atomic mass is 10.0. The Morgan fingerprint density at radius 3 is 1.96 bits per heavy atom. The summed E-state index contributed by atoms with van der Waals surface area (Å²) in [5.74, 6) is 1.21. The van der Waals surface area contributed by atoms with Crippen molar-refractivity contribution in [2.75, 3.05) is 13.2 Å². The van der Waals surface area contributed by atoms with Gasteiger partial charge in [0.25, 0.3) is 0 Å². The van der Waals surface area contributed by atoms with E-state index in [0.29, 0.717) is 11.5 Å². The summed E-state index contributed by atoms with van der Waals surface area (Å²) in [5.41, 5.74) is 1.95. The SMILES string of the molecule is CCCCC(O)COc1cccc(-c2ccccc2)c1OCC(O)CCCC. The molecule has 0 aliphatic carbocycles. The summed E-state index contributed by atoms with van der Waals surface area (Å²) in [4.78, 5) is 0. The molecule has 0 aliphatic heterocycles. The molecule has 2 aromatic carbocycles. The average Bonchev–Trinajstić information content (AvgIpc) is 2.73. The van der Waals surface area contributed by atoms with Crippen LogP contribution in [0.4, 0.5) is 0 Å². The monoisotopic (exact) mass is 386 g/mol. The molecule has 0 saturated heterocycles. The van der Waals surface area contributed by atoms with Gasteiger partial charge in [-0.25, -0.2) is 0 Å². The minimum atomic E-state index is -0.508. The lowest BCUT2D eigenvalue weighted by Crippen LogP contribution is -2.20. The normalized spacial score (nSPS) is 13.1. The number of benzene rings is 2. The molecule has 0 bridgehead atoms. The molecule has 2 atom stereocenters. The standard InChI is InChI=1S/C24H34O4/c1-3-5-13-20(25)17-27-23-16-10-15-22(19-11-8-7-9-12-19)24(23)28-18-21(26)14-6-4-2/h7-12,15-16,20-21,25-26H,3-6,13-14,17-18H2,1-2H3. The van der Waals surface area contributed by atoms with Gasteiger partial charge in [-0.3, -0.25) is 0 Å². The molecule has 4 heteroatoms. The van der Waals surface area contributed by atoms with Gasteiger partial charge in [0.1, 0.15) is 13.2 Å². The van der Waals surface area contributed by atoms with Crippen molar-refractivity contribution in [1.29, 1.82) is 0 Å². The van der Waals surface area contributed by atoms with Crippen LogP contribution in [0, 0.1) is 0 Å². The van der Waals surface area contributed by atoms with E-state index in [2.05, 4.69) is 13.8 Å². The zero-order chi connectivity index (χ0) is 20.2. The number of rotatable bonds is 13. The molecule has 28 heavy (non-hydrogen) atoms. The van der Waals surface area contributed by atoms with E-state index < -0.39 is 12.2 Å². The largest absolute Gasteiger partial charge is 0.487 e. The maximum Gasteiger partial charge on any atom is 0.169 e. The van der Waals surface area contributed by atoms with Crippen molar-refractivity contribution in [3.05, 3.63) is 48.5 Å². The fourth-order valence-electron chi connectivity index (χ4n) is 3.04. The van der Waals surface area contributed by atoms with Crippen molar-refractivity contribution < 1.29 is 19.7 Å². The van der Waals surface area contributed by atoms with Crippen LogP contribution in [0.5, 0.6) is 11.5 Å². The van der Waals surface area contributed by atoms with E-state index >= 15 is 0 Å². The topological polar surface area (TPSA) is 58.9 Å². The molecular weight excluding hydrogens is 352 g/mol. The first-order valence-electron chi connectivity index (χ1n) is 10.5. The van der Waals surface area contributed by atoms with E-state index in [-0.39, 0.29) is 13.2 Å². The molecule has 0 heterocycles. The highest BCUT2D eigenvalue weighted by molar-refractivity contribution is 5.73. The van der Waals surface area contributed by atoms with Crippen molar-refractivity contribution in [3.8, 4) is 22.6 Å². The second kappa shape index (κ2) is 12.4. The third kappa shape index (κ3) is 7.17. The molecule has 0 saturated carbocycles. The molecular formula is C24H34O4. The third-order valence-corrected chi connectivity index (χ3v) is 4.70. The second-order valence-corrected chi connectivity index (χ2v) is 7.21. The van der Waals surface area contributed by atoms with Crippen molar-refractivity contribution in [1.82, 2.24) is 0 Å². The summed E-state index contributed by atoms with van der Waals surface area (Å²) in [7, 11) is 0. The Morgan fingerprint density at radius 2 is 1.36 bits per heavy atom. The lowest BCUT2D eigenvalue weighted by Gasteiger charge is -2.20. The molecule has 154 valence electrons. The van der Waals surface area contributed by atoms with Crippen LogP contribution in [0.2, 0.25) is 0 Å². The highest BCUT2D eigenvalue weighted by Gasteiger charge is 2.16. The molecule has 0 spiro atoms. The van der Waals surface area contributed by atoms with Crippen LogP contribution < -0.4 is 9.47 Å². The highest BCUT2D eigenvalue weighted by atomic mass is 16.5. The van der Waals surface area contributed by atoms with Gasteiger partial charge in [-0.1, -0.05) is 82.0 Å². The van der Waals surface area contributed by atoms with E-state index in [4.69, 9.17) is 9.47 Å². The number of unbranched alkanes of at least 4 members (excludes halogenated alkanes) is 2. The first kappa shape index (κ1) is 22.3. The number of hydrogen-bond donors (Lipinski definition) is 2. The smallest absolute Gasteiger partial charge is 0.169 e. The van der Waals surface area contributed by atoms with E-state index in [1.807, 2.05) is 48.5 Å². The van der Waals surface area contributed by atoms with Gasteiger partial charge in [0, 0.05) is 5.56 Å². The number of aliphatic hydroxyl groups is 2. The van der Waals surface area contributed by atoms with Crippen LogP contribution in [0.3, 0.4) is 0 Å². The van der Waals surface area contributed by atoms with Gasteiger partial charge in [-0.2, -0.15) is 0 Å². The summed E-state index contributed by atoms with van der Waals surface area (Å²) in [6, 6.07) is 15.8. The molecule has 0 fully saturated rings. The average molecular weight is 387 g/mol. The second-order valence-electron chi connectivity index (χ2n) is 7.21. The van der Waals surface area contributed by atoms with Crippen molar-refractivity contribution in [2.24, 2.45) is 0 Å². The molecule has 2 rings (SSSR count). The van der Waals surface area contributed by atoms with Crippen LogP contribution in [-0.4, -0.2) is 35.6 Å². The molecule has 0 aliphatic rings. The Labute approximate surface area is 169 Å². The predicted octanol–water partition coefficient (Wildman–Crippen LogP) is 5.21. The Balaban J connectivity index is 2.18. The molecule has 0 aromatic heterocycles. The number of ether oxygens (including phenoxy) is 2. The number of aliphatic hydroxyl groups excluding tert-OH is 2. The fourth-order valence-corrected chi connectivity index (χ4v) is 3.04. The predicted molar refractivity (Wildman–Crippen MR) is 114 cm³/mol. The van der Waals surface area contributed by atoms with E-state index in [0.717, 1.165) is 49.7 Å². The molecule has 2 unspecified atom stereocenters. The van der Waals surface area contributed by atoms with Gasteiger partial charge in [0.05, 0.1) is 12.2 Å². The van der Waals surface area contributed by atoms with Crippen LogP contribution in [0.15, 0.2) is 48.5 Å². The summed E-state index contributed by atoms with van der Waals surface area (Å²) in [6.45, 7) is 4.66. The Bertz CT molecular complexity index is 672. The first-order valence-corrected chi connectivity index (χ1v) is 10.5. The van der Waals surface area contributed by atoms with Crippen LogP contribution >= 0.6 is 0 Å². The fraction of sp³-hybridized carbons (Fsp3) is 0.500. The van der Waals surface area contributed by atoms with Crippen LogP contribution in [-0.2, 0) is 0 Å². The minimum absolute atomic E-state index is 0.221. The third-order valence-electron chi connectivity index (χ3n) is 4.70. The molecule has 2 aromatic rings. The summed E-state index contributed by atoms with van der Waals surface area (Å²) >= 11 is 0. The molecule has 2 N–H and O–H groups in total. The summed E-state index contributed by atoms with van der Waals surface area (Å²) in [6.07, 6.45) is 4.47. The number of hydrogen-bond acceptors (Lipinski definition) is 4. The van der Waals surface area contributed by atoms with Crippen molar-refractivity contribution in [3.63, 3.8) is 0 Å². The Morgan fingerprint density at radius 1 is 0.750 bits per heavy atom. The quantitative estimate of drug-likeness (QED) is 0.496. The van der Waals surface area contributed by atoms with Gasteiger partial charge in [0.15, 0.2) is 11.5 Å². The van der Waals surface area contributed by atoms with Crippen LogP contribution in [0.1, 0.15) is 52.4 Å². The Kier molecular flexibility index (Phi) is 9.87. The minimum Gasteiger partial charge on any atom is -0.487 e. The van der Waals surface area contributed by atoms with Gasteiger partial charge in [0.2, 0.25) is 0 Å². The Hall–Kier alpha value is -2.04. The van der Waals surface area contributed by atoms with Crippen LogP contribution in [0.25, 0.3) is 11.1 Å². The first-order chi connectivity index (χ1) is 13.7. The lowest BCUT2D eigenvalue weighted by molar-refractivity contribution is 0.0850. The number of para-hydroxylation sites is 1. The van der Waals surface area contributed by atoms with Gasteiger partial charge < -0.3 is 19.7 Å². The summed E-state index contributed by atoms with van der Waals surface area (Å²) in [5, 5.41) is 20.3. The molecule has 0 radical (unpaired) electrons. The maximum absolute atomic E-state index is 10.2. The highest BCUT2D eigenvalue weighted by Crippen LogP contribution is 2.38. The van der Waals surface area contributed by atoms with Gasteiger partial charge in [-0.15, -0.1) is 0 Å². The van der Waals surface area contributed by atoms with Gasteiger partial charge >= 0.3 is 0 Å². The van der Waals surface area contributed by atoms with Crippen molar-refractivity contribution in [2.45, 2.75) is 64.6 Å². The zero-order valence-electron chi connectivity index (χ0n) is 17.1. The summed E-state index contributed by atoms with van der Waals surface area (Å²) < 4.78 is 12.0. The maximum atomic E-state index is 10.2. The molecule has 0 amide bonds. The zero-order valence-corrected chi connectivity index (χ0v) is 17.1. The van der Waals surface area contributed by atoms with E-state index in [1.165, 1.54) is 0 Å². The van der Waals surface area contributed by atoms with E-state index in [9.17, 15) is 10.2 Å². The van der Waals surface area contributed by atoms with Gasteiger partial charge in [-0.05, 0) is 24.5 Å². The molecule has 4 nitrogen and oxygen atoms in total. The van der Waals surface area contributed by atoms with E-state index in [1.54, 1.807) is 0 Å². The van der Waals surface area contributed by atoms with Crippen molar-refractivity contribution >= 4 is 0 Å².